The third-order valence-electron chi connectivity index (χ3n) is 5.17. The van der Waals surface area contributed by atoms with Crippen LogP contribution in [0.5, 0.6) is 0 Å². The summed E-state index contributed by atoms with van der Waals surface area (Å²) in [5, 5.41) is 11.0. The standard InChI is InChI=1S/C16H22ClNO2/c1-20-15-10-14(19)16(15)6-8-18(9-7-16)11-12-4-2-3-5-13(12)17/h2-5,14-15,19H,6-11H2,1H3/t14-,15+/m1/s1. The normalized spacial score (nSPS) is 29.4. The third-order valence-corrected chi connectivity index (χ3v) is 5.53. The van der Waals surface area contributed by atoms with Gasteiger partial charge in [-0.1, -0.05) is 29.8 Å². The molecule has 110 valence electrons. The first-order chi connectivity index (χ1) is 9.65. The van der Waals surface area contributed by atoms with Crippen LogP contribution in [0.1, 0.15) is 24.8 Å². The van der Waals surface area contributed by atoms with E-state index in [4.69, 9.17) is 16.3 Å². The SMILES string of the molecule is CO[C@H]1C[C@@H](O)C12CCN(Cc1ccccc1Cl)CC2. The van der Waals surface area contributed by atoms with Crippen molar-refractivity contribution in [1.82, 2.24) is 4.90 Å². The van der Waals surface area contributed by atoms with Crippen LogP contribution in [0.25, 0.3) is 0 Å². The summed E-state index contributed by atoms with van der Waals surface area (Å²) in [5.41, 5.74) is 1.19. The lowest BCUT2D eigenvalue weighted by Crippen LogP contribution is -2.61. The highest BCUT2D eigenvalue weighted by Crippen LogP contribution is 2.50. The number of hydrogen-bond acceptors (Lipinski definition) is 3. The van der Waals surface area contributed by atoms with Gasteiger partial charge in [-0.2, -0.15) is 0 Å². The lowest BCUT2D eigenvalue weighted by Gasteiger charge is -2.56. The molecule has 2 fully saturated rings. The number of rotatable bonds is 3. The summed E-state index contributed by atoms with van der Waals surface area (Å²) in [4.78, 5) is 2.42. The average Bonchev–Trinajstić information content (AvgIpc) is 2.47. The molecule has 0 bridgehead atoms. The van der Waals surface area contributed by atoms with E-state index in [1.807, 2.05) is 18.2 Å². The molecule has 1 aromatic carbocycles. The van der Waals surface area contributed by atoms with E-state index in [-0.39, 0.29) is 17.6 Å². The smallest absolute Gasteiger partial charge is 0.0678 e. The molecule has 1 aliphatic heterocycles. The number of benzene rings is 1. The molecule has 2 aliphatic rings. The maximum Gasteiger partial charge on any atom is 0.0678 e. The number of nitrogens with zero attached hydrogens (tertiary/aromatic N) is 1. The van der Waals surface area contributed by atoms with E-state index in [9.17, 15) is 5.11 Å². The van der Waals surface area contributed by atoms with Crippen LogP contribution >= 0.6 is 11.6 Å². The second kappa shape index (κ2) is 5.64. The summed E-state index contributed by atoms with van der Waals surface area (Å²) < 4.78 is 5.52. The number of halogens is 1. The van der Waals surface area contributed by atoms with Gasteiger partial charge in [-0.05, 0) is 37.6 Å². The monoisotopic (exact) mass is 295 g/mol. The van der Waals surface area contributed by atoms with Crippen LogP contribution in [-0.2, 0) is 11.3 Å². The van der Waals surface area contributed by atoms with Crippen LogP contribution in [0, 0.1) is 5.41 Å². The summed E-state index contributed by atoms with van der Waals surface area (Å²) in [6, 6.07) is 8.02. The zero-order valence-electron chi connectivity index (χ0n) is 11.9. The summed E-state index contributed by atoms with van der Waals surface area (Å²) in [6.45, 7) is 2.90. The molecule has 4 heteroatoms. The molecule has 1 saturated carbocycles. The minimum Gasteiger partial charge on any atom is -0.392 e. The van der Waals surface area contributed by atoms with Gasteiger partial charge in [-0.3, -0.25) is 4.90 Å². The van der Waals surface area contributed by atoms with E-state index in [0.717, 1.165) is 43.9 Å². The minimum absolute atomic E-state index is 0.00569. The van der Waals surface area contributed by atoms with Crippen molar-refractivity contribution in [2.24, 2.45) is 5.41 Å². The predicted octanol–water partition coefficient (Wildman–Crippen LogP) is 2.70. The molecule has 1 spiro atoms. The van der Waals surface area contributed by atoms with Crippen molar-refractivity contribution in [1.29, 1.82) is 0 Å². The van der Waals surface area contributed by atoms with Crippen molar-refractivity contribution in [3.05, 3.63) is 34.9 Å². The second-order valence-electron chi connectivity index (χ2n) is 6.08. The Bertz CT molecular complexity index is 471. The van der Waals surface area contributed by atoms with Crippen LogP contribution in [0.4, 0.5) is 0 Å². The van der Waals surface area contributed by atoms with Gasteiger partial charge in [0.15, 0.2) is 0 Å². The van der Waals surface area contributed by atoms with Gasteiger partial charge in [0.1, 0.15) is 0 Å². The van der Waals surface area contributed by atoms with Crippen LogP contribution in [-0.4, -0.2) is 42.4 Å². The molecule has 1 N–H and O–H groups in total. The van der Waals surface area contributed by atoms with Gasteiger partial charge in [-0.15, -0.1) is 0 Å². The predicted molar refractivity (Wildman–Crippen MR) is 79.8 cm³/mol. The van der Waals surface area contributed by atoms with Gasteiger partial charge in [0.25, 0.3) is 0 Å². The highest BCUT2D eigenvalue weighted by Gasteiger charge is 2.55. The van der Waals surface area contributed by atoms with Crippen molar-refractivity contribution < 1.29 is 9.84 Å². The maximum atomic E-state index is 10.1. The van der Waals surface area contributed by atoms with Crippen molar-refractivity contribution in [3.63, 3.8) is 0 Å². The lowest BCUT2D eigenvalue weighted by molar-refractivity contribution is -0.201. The molecule has 0 amide bonds. The molecule has 20 heavy (non-hydrogen) atoms. The molecule has 1 heterocycles. The topological polar surface area (TPSA) is 32.7 Å². The maximum absolute atomic E-state index is 10.1. The van der Waals surface area contributed by atoms with Crippen LogP contribution in [0.2, 0.25) is 5.02 Å². The van der Waals surface area contributed by atoms with Gasteiger partial charge in [0.2, 0.25) is 0 Å². The molecule has 0 aromatic heterocycles. The zero-order chi connectivity index (χ0) is 14.2. The van der Waals surface area contributed by atoms with E-state index in [0.29, 0.717) is 0 Å². The summed E-state index contributed by atoms with van der Waals surface area (Å²) in [5.74, 6) is 0. The van der Waals surface area contributed by atoms with Crippen LogP contribution in [0.3, 0.4) is 0 Å². The van der Waals surface area contributed by atoms with Crippen LogP contribution in [0.15, 0.2) is 24.3 Å². The van der Waals surface area contributed by atoms with Gasteiger partial charge in [0.05, 0.1) is 12.2 Å². The first-order valence-electron chi connectivity index (χ1n) is 7.32. The molecular weight excluding hydrogens is 274 g/mol. The number of piperidine rings is 1. The summed E-state index contributed by atoms with van der Waals surface area (Å²) in [6.07, 6.45) is 2.87. The molecule has 0 radical (unpaired) electrons. The quantitative estimate of drug-likeness (QED) is 0.931. The highest BCUT2D eigenvalue weighted by atomic mass is 35.5. The Hall–Kier alpha value is -0.610. The fourth-order valence-corrected chi connectivity index (χ4v) is 3.90. The Kier molecular flexibility index (Phi) is 4.04. The first-order valence-corrected chi connectivity index (χ1v) is 7.70. The molecule has 1 aliphatic carbocycles. The van der Waals surface area contributed by atoms with E-state index in [1.54, 1.807) is 7.11 Å². The van der Waals surface area contributed by atoms with Gasteiger partial charge in [0, 0.05) is 30.5 Å². The summed E-state index contributed by atoms with van der Waals surface area (Å²) >= 11 is 6.22. The number of ether oxygens (including phenoxy) is 1. The van der Waals surface area contributed by atoms with E-state index >= 15 is 0 Å². The number of hydrogen-bond donors (Lipinski definition) is 1. The Balaban J connectivity index is 1.61. The largest absolute Gasteiger partial charge is 0.392 e. The third kappa shape index (κ3) is 2.37. The Morgan fingerprint density at radius 1 is 1.35 bits per heavy atom. The number of aliphatic hydroxyl groups excluding tert-OH is 1. The van der Waals surface area contributed by atoms with Crippen molar-refractivity contribution in [2.45, 2.75) is 38.0 Å². The molecular formula is C16H22ClNO2. The van der Waals surface area contributed by atoms with E-state index in [2.05, 4.69) is 11.0 Å². The summed E-state index contributed by atoms with van der Waals surface area (Å²) in [7, 11) is 1.76. The average molecular weight is 296 g/mol. The zero-order valence-corrected chi connectivity index (χ0v) is 12.6. The minimum atomic E-state index is -0.185. The fourth-order valence-electron chi connectivity index (χ4n) is 3.71. The van der Waals surface area contributed by atoms with Crippen molar-refractivity contribution >= 4 is 11.6 Å². The molecule has 0 unspecified atom stereocenters. The highest BCUT2D eigenvalue weighted by molar-refractivity contribution is 6.31. The van der Waals surface area contributed by atoms with Crippen LogP contribution < -0.4 is 0 Å². The second-order valence-corrected chi connectivity index (χ2v) is 6.48. The Labute approximate surface area is 125 Å². The first kappa shape index (κ1) is 14.3. The van der Waals surface area contributed by atoms with Gasteiger partial charge >= 0.3 is 0 Å². The molecule has 1 aromatic rings. The molecule has 3 nitrogen and oxygen atoms in total. The number of aliphatic hydroxyl groups is 1. The Morgan fingerprint density at radius 2 is 2.05 bits per heavy atom. The molecule has 3 rings (SSSR count). The van der Waals surface area contributed by atoms with Gasteiger partial charge in [-0.25, -0.2) is 0 Å². The lowest BCUT2D eigenvalue weighted by atomic mass is 9.58. The number of likely N-dealkylation sites (tertiary alicyclic amines) is 1. The van der Waals surface area contributed by atoms with Crippen molar-refractivity contribution in [2.75, 3.05) is 20.2 Å². The van der Waals surface area contributed by atoms with E-state index < -0.39 is 0 Å². The fraction of sp³-hybridized carbons (Fsp3) is 0.625. The molecule has 2 atom stereocenters. The number of methoxy groups -OCH3 is 1. The Morgan fingerprint density at radius 3 is 2.65 bits per heavy atom. The molecule has 1 saturated heterocycles. The van der Waals surface area contributed by atoms with Gasteiger partial charge < -0.3 is 9.84 Å². The van der Waals surface area contributed by atoms with Crippen molar-refractivity contribution in [3.8, 4) is 0 Å². The van der Waals surface area contributed by atoms with E-state index in [1.165, 1.54) is 5.56 Å².